The summed E-state index contributed by atoms with van der Waals surface area (Å²) in [6.07, 6.45) is 4.36. The maximum Gasteiger partial charge on any atom is 0.225 e. The van der Waals surface area contributed by atoms with Crippen LogP contribution in [0.25, 0.3) is 11.3 Å². The van der Waals surface area contributed by atoms with E-state index in [1.54, 1.807) is 13.3 Å². The van der Waals surface area contributed by atoms with Crippen LogP contribution >= 0.6 is 0 Å². The molecule has 1 heterocycles. The van der Waals surface area contributed by atoms with E-state index >= 15 is 0 Å². The summed E-state index contributed by atoms with van der Waals surface area (Å²) < 4.78 is 5.25. The predicted octanol–water partition coefficient (Wildman–Crippen LogP) is 5.70. The molecule has 0 saturated heterocycles. The molecule has 0 radical (unpaired) electrons. The maximum absolute atomic E-state index is 12.6. The third-order valence-electron chi connectivity index (χ3n) is 5.41. The smallest absolute Gasteiger partial charge is 0.225 e. The van der Waals surface area contributed by atoms with Crippen LogP contribution in [0.2, 0.25) is 0 Å². The largest absolute Gasteiger partial charge is 0.497 e. The van der Waals surface area contributed by atoms with Crippen LogP contribution in [0, 0.1) is 0 Å². The number of nitrogens with one attached hydrogen (secondary N) is 1. The second kappa shape index (κ2) is 11.0. The van der Waals surface area contributed by atoms with Crippen LogP contribution in [-0.4, -0.2) is 23.0 Å². The van der Waals surface area contributed by atoms with Crippen molar-refractivity contribution in [2.75, 3.05) is 12.4 Å². The number of methoxy groups -OCH3 is 1. The number of hydrogen-bond acceptors (Lipinski definition) is 4. The lowest BCUT2D eigenvalue weighted by Crippen LogP contribution is -2.15. The van der Waals surface area contributed by atoms with Crippen LogP contribution < -0.4 is 10.1 Å². The number of carbonyl (C=O) groups excluding carboxylic acids is 1. The van der Waals surface area contributed by atoms with Crippen molar-refractivity contribution in [2.24, 2.45) is 0 Å². The van der Waals surface area contributed by atoms with Gasteiger partial charge in [-0.15, -0.1) is 0 Å². The Hall–Kier alpha value is -3.99. The van der Waals surface area contributed by atoms with Crippen molar-refractivity contribution in [3.05, 3.63) is 108 Å². The minimum atomic E-state index is -0.0493. The summed E-state index contributed by atoms with van der Waals surface area (Å²) in [6.45, 7) is 0. The van der Waals surface area contributed by atoms with Gasteiger partial charge in [0.15, 0.2) is 5.82 Å². The number of aromatic nitrogens is 2. The molecular formula is C28H27N3O2. The average Bonchev–Trinajstić information content (AvgIpc) is 2.86. The summed E-state index contributed by atoms with van der Waals surface area (Å²) in [4.78, 5) is 22.1. The molecule has 0 saturated carbocycles. The van der Waals surface area contributed by atoms with Gasteiger partial charge < -0.3 is 10.1 Å². The average molecular weight is 438 g/mol. The van der Waals surface area contributed by atoms with Crippen molar-refractivity contribution in [1.82, 2.24) is 9.97 Å². The fraction of sp³-hybridized carbons (Fsp3) is 0.179. The molecule has 5 nitrogen and oxygen atoms in total. The Morgan fingerprint density at radius 2 is 1.55 bits per heavy atom. The number of benzene rings is 3. The summed E-state index contributed by atoms with van der Waals surface area (Å²) in [7, 11) is 1.64. The van der Waals surface area contributed by atoms with Gasteiger partial charge in [-0.05, 0) is 48.2 Å². The van der Waals surface area contributed by atoms with E-state index in [9.17, 15) is 4.79 Å². The van der Waals surface area contributed by atoms with E-state index in [4.69, 9.17) is 9.72 Å². The van der Waals surface area contributed by atoms with Crippen molar-refractivity contribution in [2.45, 2.75) is 25.7 Å². The highest BCUT2D eigenvalue weighted by molar-refractivity contribution is 5.90. The zero-order valence-corrected chi connectivity index (χ0v) is 18.7. The molecule has 0 aliphatic rings. The van der Waals surface area contributed by atoms with E-state index in [-0.39, 0.29) is 5.91 Å². The van der Waals surface area contributed by atoms with Crippen LogP contribution in [-0.2, 0) is 17.6 Å². The fourth-order valence-corrected chi connectivity index (χ4v) is 3.64. The topological polar surface area (TPSA) is 64.1 Å². The zero-order chi connectivity index (χ0) is 22.9. The number of hydrogen-bond donors (Lipinski definition) is 1. The molecule has 4 aromatic rings. The van der Waals surface area contributed by atoms with Crippen LogP contribution in [0.15, 0.2) is 91.1 Å². The number of aryl methyl sites for hydroxylation is 1. The quantitative estimate of drug-likeness (QED) is 0.365. The molecule has 0 atom stereocenters. The molecule has 0 fully saturated rings. The number of anilines is 1. The molecule has 3 aromatic carbocycles. The second-order valence-electron chi connectivity index (χ2n) is 7.83. The van der Waals surface area contributed by atoms with Gasteiger partial charge >= 0.3 is 0 Å². The predicted molar refractivity (Wildman–Crippen MR) is 131 cm³/mol. The van der Waals surface area contributed by atoms with Crippen molar-refractivity contribution in [3.63, 3.8) is 0 Å². The van der Waals surface area contributed by atoms with Crippen molar-refractivity contribution < 1.29 is 9.53 Å². The standard InChI is InChI=1S/C28H27N3O2/c1-33-24-17-15-23(16-18-24)26-20-29-28(25(30-26)19-22-11-6-3-7-12-22)31-27(32)14-8-13-21-9-4-2-5-10-21/h2-7,9-12,15-18,20H,8,13-14,19H2,1H3,(H,29,31,32). The van der Waals surface area contributed by atoms with E-state index in [1.165, 1.54) is 5.56 Å². The Labute approximate surface area is 194 Å². The van der Waals surface area contributed by atoms with Crippen LogP contribution in [0.4, 0.5) is 5.82 Å². The van der Waals surface area contributed by atoms with Gasteiger partial charge in [-0.25, -0.2) is 9.97 Å². The van der Waals surface area contributed by atoms with E-state index in [0.717, 1.165) is 41.1 Å². The Morgan fingerprint density at radius 3 is 2.21 bits per heavy atom. The second-order valence-corrected chi connectivity index (χ2v) is 7.83. The van der Waals surface area contributed by atoms with Gasteiger partial charge in [0.1, 0.15) is 5.75 Å². The van der Waals surface area contributed by atoms with Crippen molar-refractivity contribution >= 4 is 11.7 Å². The number of ether oxygens (including phenoxy) is 1. The highest BCUT2D eigenvalue weighted by Gasteiger charge is 2.13. The highest BCUT2D eigenvalue weighted by atomic mass is 16.5. The van der Waals surface area contributed by atoms with Gasteiger partial charge in [0.2, 0.25) is 5.91 Å². The first-order chi connectivity index (χ1) is 16.2. The first kappa shape index (κ1) is 22.2. The first-order valence-electron chi connectivity index (χ1n) is 11.1. The van der Waals surface area contributed by atoms with Crippen molar-refractivity contribution in [3.8, 4) is 17.0 Å². The summed E-state index contributed by atoms with van der Waals surface area (Å²) in [6, 6.07) is 28.0. The lowest BCUT2D eigenvalue weighted by Gasteiger charge is -2.12. The number of amides is 1. The molecule has 166 valence electrons. The highest BCUT2D eigenvalue weighted by Crippen LogP contribution is 2.24. The minimum Gasteiger partial charge on any atom is -0.497 e. The summed E-state index contributed by atoms with van der Waals surface area (Å²) in [5.41, 5.74) is 4.78. The van der Waals surface area contributed by atoms with Crippen LogP contribution in [0.5, 0.6) is 5.75 Å². The van der Waals surface area contributed by atoms with Gasteiger partial charge in [0.05, 0.1) is 24.7 Å². The monoisotopic (exact) mass is 437 g/mol. The van der Waals surface area contributed by atoms with Crippen LogP contribution in [0.1, 0.15) is 29.7 Å². The van der Waals surface area contributed by atoms with Gasteiger partial charge in [0, 0.05) is 18.4 Å². The summed E-state index contributed by atoms with van der Waals surface area (Å²) in [5.74, 6) is 1.25. The fourth-order valence-electron chi connectivity index (χ4n) is 3.64. The molecule has 5 heteroatoms. The van der Waals surface area contributed by atoms with E-state index < -0.39 is 0 Å². The molecule has 0 aliphatic carbocycles. The van der Waals surface area contributed by atoms with Gasteiger partial charge in [-0.2, -0.15) is 0 Å². The normalized spacial score (nSPS) is 10.6. The third-order valence-corrected chi connectivity index (χ3v) is 5.41. The molecule has 4 rings (SSSR count). The third kappa shape index (κ3) is 6.26. The number of carbonyl (C=O) groups is 1. The first-order valence-corrected chi connectivity index (χ1v) is 11.1. The lowest BCUT2D eigenvalue weighted by atomic mass is 10.1. The van der Waals surface area contributed by atoms with E-state index in [0.29, 0.717) is 18.7 Å². The van der Waals surface area contributed by atoms with E-state index in [2.05, 4.69) is 22.4 Å². The SMILES string of the molecule is COc1ccc(-c2cnc(NC(=O)CCCc3ccccc3)c(Cc3ccccc3)n2)cc1. The van der Waals surface area contributed by atoms with Crippen LogP contribution in [0.3, 0.4) is 0 Å². The Bertz CT molecular complexity index is 1180. The Morgan fingerprint density at radius 1 is 0.879 bits per heavy atom. The molecule has 0 spiro atoms. The zero-order valence-electron chi connectivity index (χ0n) is 18.7. The molecule has 0 bridgehead atoms. The van der Waals surface area contributed by atoms with Crippen molar-refractivity contribution in [1.29, 1.82) is 0 Å². The molecule has 1 N–H and O–H groups in total. The molecule has 1 amide bonds. The maximum atomic E-state index is 12.6. The summed E-state index contributed by atoms with van der Waals surface area (Å²) >= 11 is 0. The molecular weight excluding hydrogens is 410 g/mol. The molecule has 1 aromatic heterocycles. The van der Waals surface area contributed by atoms with Gasteiger partial charge in [-0.1, -0.05) is 60.7 Å². The van der Waals surface area contributed by atoms with Gasteiger partial charge in [-0.3, -0.25) is 4.79 Å². The Kier molecular flexibility index (Phi) is 7.44. The molecule has 33 heavy (non-hydrogen) atoms. The summed E-state index contributed by atoms with van der Waals surface area (Å²) in [5, 5.41) is 2.98. The number of nitrogens with zero attached hydrogens (tertiary/aromatic N) is 2. The van der Waals surface area contributed by atoms with Gasteiger partial charge in [0.25, 0.3) is 0 Å². The van der Waals surface area contributed by atoms with E-state index in [1.807, 2.05) is 72.8 Å². The lowest BCUT2D eigenvalue weighted by molar-refractivity contribution is -0.116. The number of rotatable bonds is 9. The molecule has 0 aliphatic heterocycles. The molecule has 0 unspecified atom stereocenters. The minimum absolute atomic E-state index is 0.0493. The Balaban J connectivity index is 1.50.